The van der Waals surface area contributed by atoms with E-state index >= 15 is 0 Å². The molecule has 0 saturated carbocycles. The molecule has 0 spiro atoms. The Morgan fingerprint density at radius 2 is 1.91 bits per heavy atom. The molecule has 2 aromatic heterocycles. The molecule has 1 aliphatic rings. The standard InChI is InChI=1S/C25H27N5O3/c1-16-14-33-15-17(2)30(16)23(31)13-29-10-9-18-5-4-6-21(24(18)25(29)32)27-20-7-8-22-19(11-20)12-26-28(22)3/h4-12,16-17,27H,13-15H2,1-3H3/t16-,17+. The Bertz CT molecular complexity index is 1400. The number of carbonyl (C=O) groups excluding carboxylic acids is 1. The normalized spacial score (nSPS) is 18.7. The molecule has 1 aliphatic heterocycles. The summed E-state index contributed by atoms with van der Waals surface area (Å²) in [4.78, 5) is 28.3. The summed E-state index contributed by atoms with van der Waals surface area (Å²) in [5.41, 5.74) is 2.41. The lowest BCUT2D eigenvalue weighted by Crippen LogP contribution is -2.53. The number of nitrogens with one attached hydrogen (secondary N) is 1. The quantitative estimate of drug-likeness (QED) is 0.522. The zero-order valence-corrected chi connectivity index (χ0v) is 19.0. The molecular weight excluding hydrogens is 418 g/mol. The van der Waals surface area contributed by atoms with Crippen molar-refractivity contribution in [1.82, 2.24) is 19.2 Å². The summed E-state index contributed by atoms with van der Waals surface area (Å²) in [5, 5.41) is 10.1. The lowest BCUT2D eigenvalue weighted by atomic mass is 10.1. The average Bonchev–Trinajstić information content (AvgIpc) is 3.16. The van der Waals surface area contributed by atoms with E-state index < -0.39 is 0 Å². The Kier molecular flexibility index (Phi) is 5.38. The van der Waals surface area contributed by atoms with Gasteiger partial charge in [-0.25, -0.2) is 0 Å². The first-order valence-electron chi connectivity index (χ1n) is 11.1. The van der Waals surface area contributed by atoms with E-state index in [4.69, 9.17) is 4.74 Å². The summed E-state index contributed by atoms with van der Waals surface area (Å²) >= 11 is 0. The van der Waals surface area contributed by atoms with Gasteiger partial charge >= 0.3 is 0 Å². The lowest BCUT2D eigenvalue weighted by molar-refractivity contribution is -0.144. The maximum atomic E-state index is 13.5. The summed E-state index contributed by atoms with van der Waals surface area (Å²) in [7, 11) is 1.91. The van der Waals surface area contributed by atoms with Crippen LogP contribution in [0.25, 0.3) is 21.7 Å². The van der Waals surface area contributed by atoms with Crippen molar-refractivity contribution in [2.24, 2.45) is 7.05 Å². The zero-order valence-electron chi connectivity index (χ0n) is 19.0. The maximum absolute atomic E-state index is 13.5. The maximum Gasteiger partial charge on any atom is 0.261 e. The van der Waals surface area contributed by atoms with Crippen LogP contribution in [0.1, 0.15) is 13.8 Å². The third kappa shape index (κ3) is 3.87. The van der Waals surface area contributed by atoms with Gasteiger partial charge in [-0.3, -0.25) is 14.3 Å². The highest BCUT2D eigenvalue weighted by Crippen LogP contribution is 2.26. The van der Waals surface area contributed by atoms with Crippen molar-refractivity contribution in [1.29, 1.82) is 0 Å². The van der Waals surface area contributed by atoms with Crippen molar-refractivity contribution in [2.75, 3.05) is 18.5 Å². The first kappa shape index (κ1) is 21.2. The molecule has 33 heavy (non-hydrogen) atoms. The second-order valence-electron chi connectivity index (χ2n) is 8.72. The van der Waals surface area contributed by atoms with Gasteiger partial charge in [0, 0.05) is 24.3 Å². The first-order chi connectivity index (χ1) is 15.9. The number of amides is 1. The number of hydrogen-bond acceptors (Lipinski definition) is 5. The number of benzene rings is 2. The van der Waals surface area contributed by atoms with Crippen LogP contribution >= 0.6 is 0 Å². The summed E-state index contributed by atoms with van der Waals surface area (Å²) < 4.78 is 8.85. The van der Waals surface area contributed by atoms with Crippen molar-refractivity contribution >= 4 is 39.0 Å². The minimum Gasteiger partial charge on any atom is -0.377 e. The fourth-order valence-corrected chi connectivity index (χ4v) is 4.68. The predicted molar refractivity (Wildman–Crippen MR) is 129 cm³/mol. The molecule has 2 atom stereocenters. The van der Waals surface area contributed by atoms with Crippen molar-refractivity contribution in [3.05, 3.63) is 65.2 Å². The van der Waals surface area contributed by atoms with E-state index in [0.29, 0.717) is 24.3 Å². The van der Waals surface area contributed by atoms with Crippen molar-refractivity contribution in [2.45, 2.75) is 32.5 Å². The van der Waals surface area contributed by atoms with Gasteiger partial charge in [-0.05, 0) is 49.6 Å². The second-order valence-corrected chi connectivity index (χ2v) is 8.72. The van der Waals surface area contributed by atoms with Gasteiger partial charge in [0.1, 0.15) is 6.54 Å². The number of aryl methyl sites for hydroxylation is 1. The van der Waals surface area contributed by atoms with Gasteiger partial charge in [0.25, 0.3) is 5.56 Å². The highest BCUT2D eigenvalue weighted by molar-refractivity contribution is 5.95. The van der Waals surface area contributed by atoms with Crippen LogP contribution in [0.4, 0.5) is 11.4 Å². The monoisotopic (exact) mass is 445 g/mol. The zero-order chi connectivity index (χ0) is 23.1. The number of rotatable bonds is 4. The van der Waals surface area contributed by atoms with Crippen LogP contribution in [0.15, 0.2) is 59.7 Å². The molecule has 5 rings (SSSR count). The van der Waals surface area contributed by atoms with E-state index in [2.05, 4.69) is 10.4 Å². The second kappa shape index (κ2) is 8.37. The van der Waals surface area contributed by atoms with Crippen LogP contribution in [0, 0.1) is 0 Å². The molecule has 0 unspecified atom stereocenters. The van der Waals surface area contributed by atoms with Gasteiger partial charge in [-0.2, -0.15) is 5.10 Å². The fraction of sp³-hybridized carbons (Fsp3) is 0.320. The molecule has 0 aliphatic carbocycles. The van der Waals surface area contributed by atoms with E-state index in [1.54, 1.807) is 6.20 Å². The summed E-state index contributed by atoms with van der Waals surface area (Å²) in [6, 6.07) is 13.5. The highest BCUT2D eigenvalue weighted by Gasteiger charge is 2.29. The SMILES string of the molecule is C[C@@H]1COC[C@H](C)N1C(=O)Cn1ccc2cccc(Nc3ccc4c(cnn4C)c3)c2c1=O. The first-order valence-corrected chi connectivity index (χ1v) is 11.1. The molecule has 3 heterocycles. The molecular formula is C25H27N5O3. The van der Waals surface area contributed by atoms with E-state index in [1.807, 2.05) is 79.1 Å². The molecule has 1 fully saturated rings. The molecule has 0 bridgehead atoms. The number of fused-ring (bicyclic) bond motifs is 2. The number of hydrogen-bond donors (Lipinski definition) is 1. The summed E-state index contributed by atoms with van der Waals surface area (Å²) in [6.07, 6.45) is 3.51. The number of anilines is 2. The molecule has 8 heteroatoms. The molecule has 1 saturated heterocycles. The Hall–Kier alpha value is -3.65. The lowest BCUT2D eigenvalue weighted by Gasteiger charge is -2.38. The minimum atomic E-state index is -0.194. The van der Waals surface area contributed by atoms with Gasteiger partial charge in [0.15, 0.2) is 0 Å². The third-order valence-corrected chi connectivity index (χ3v) is 6.29. The molecule has 2 aromatic carbocycles. The van der Waals surface area contributed by atoms with Crippen LogP contribution in [-0.2, 0) is 23.1 Å². The molecule has 8 nitrogen and oxygen atoms in total. The Morgan fingerprint density at radius 1 is 1.12 bits per heavy atom. The third-order valence-electron chi connectivity index (χ3n) is 6.29. The Morgan fingerprint density at radius 3 is 2.70 bits per heavy atom. The number of pyridine rings is 1. The molecule has 4 aromatic rings. The van der Waals surface area contributed by atoms with E-state index in [9.17, 15) is 9.59 Å². The topological polar surface area (TPSA) is 81.4 Å². The van der Waals surface area contributed by atoms with Crippen molar-refractivity contribution in [3.8, 4) is 0 Å². The number of aromatic nitrogens is 3. The van der Waals surface area contributed by atoms with Gasteiger partial charge in [0.2, 0.25) is 5.91 Å². The number of carbonyl (C=O) groups is 1. The summed E-state index contributed by atoms with van der Waals surface area (Å²) in [5.74, 6) is -0.0766. The summed E-state index contributed by atoms with van der Waals surface area (Å²) in [6.45, 7) is 4.96. The Balaban J connectivity index is 1.48. The number of nitrogens with zero attached hydrogens (tertiary/aromatic N) is 4. The molecule has 170 valence electrons. The van der Waals surface area contributed by atoms with Crippen LogP contribution in [0.3, 0.4) is 0 Å². The van der Waals surface area contributed by atoms with E-state index in [-0.39, 0.29) is 30.1 Å². The smallest absolute Gasteiger partial charge is 0.261 e. The van der Waals surface area contributed by atoms with Gasteiger partial charge < -0.3 is 19.5 Å². The number of ether oxygens (including phenoxy) is 1. The molecule has 0 radical (unpaired) electrons. The van der Waals surface area contributed by atoms with Gasteiger partial charge in [-0.15, -0.1) is 0 Å². The number of morpholine rings is 1. The largest absolute Gasteiger partial charge is 0.377 e. The molecule has 1 amide bonds. The fourth-order valence-electron chi connectivity index (χ4n) is 4.68. The van der Waals surface area contributed by atoms with Crippen molar-refractivity contribution in [3.63, 3.8) is 0 Å². The van der Waals surface area contributed by atoms with Gasteiger partial charge in [0.05, 0.1) is 48.1 Å². The predicted octanol–water partition coefficient (Wildman–Crippen LogP) is 3.27. The minimum absolute atomic E-state index is 0.000564. The van der Waals surface area contributed by atoms with E-state index in [0.717, 1.165) is 22.0 Å². The van der Waals surface area contributed by atoms with Crippen molar-refractivity contribution < 1.29 is 9.53 Å². The highest BCUT2D eigenvalue weighted by atomic mass is 16.5. The van der Waals surface area contributed by atoms with Crippen LogP contribution in [0.5, 0.6) is 0 Å². The van der Waals surface area contributed by atoms with Crippen LogP contribution in [-0.4, -0.2) is 50.5 Å². The van der Waals surface area contributed by atoms with Gasteiger partial charge in [-0.1, -0.05) is 12.1 Å². The van der Waals surface area contributed by atoms with Crippen LogP contribution in [0.2, 0.25) is 0 Å². The van der Waals surface area contributed by atoms with Crippen LogP contribution < -0.4 is 10.9 Å². The molecule has 1 N–H and O–H groups in total. The average molecular weight is 446 g/mol. The van der Waals surface area contributed by atoms with E-state index in [1.165, 1.54) is 4.57 Å². The Labute approximate surface area is 191 Å².